The number of nitrogens with one attached hydrogen (secondary N) is 1. The summed E-state index contributed by atoms with van der Waals surface area (Å²) in [5.41, 5.74) is -0.244. The highest BCUT2D eigenvalue weighted by molar-refractivity contribution is 5.91. The third kappa shape index (κ3) is 4.60. The van der Waals surface area contributed by atoms with Gasteiger partial charge in [-0.15, -0.1) is 0 Å². The van der Waals surface area contributed by atoms with E-state index >= 15 is 0 Å². The van der Waals surface area contributed by atoms with Gasteiger partial charge < -0.3 is 19.2 Å². The molecular weight excluding hydrogens is 358 g/mol. The van der Waals surface area contributed by atoms with Crippen LogP contribution in [0.25, 0.3) is 0 Å². The lowest BCUT2D eigenvalue weighted by Crippen LogP contribution is -2.24. The molecule has 0 spiro atoms. The number of benzene rings is 2. The predicted molar refractivity (Wildman–Crippen MR) is 91.4 cm³/mol. The van der Waals surface area contributed by atoms with Crippen molar-refractivity contribution >= 4 is 5.91 Å². The number of hydrogen-bond acceptors (Lipinski definition) is 5. The highest BCUT2D eigenvalue weighted by atomic mass is 19.1. The Balaban J connectivity index is 1.57. The second kappa shape index (κ2) is 8.31. The van der Waals surface area contributed by atoms with Gasteiger partial charge in [-0.2, -0.15) is 0 Å². The van der Waals surface area contributed by atoms with Gasteiger partial charge in [0.1, 0.15) is 29.4 Å². The first kappa shape index (κ1) is 18.4. The van der Waals surface area contributed by atoms with Gasteiger partial charge in [0.05, 0.1) is 7.11 Å². The highest BCUT2D eigenvalue weighted by Gasteiger charge is 2.15. The van der Waals surface area contributed by atoms with Crippen molar-refractivity contribution < 1.29 is 27.5 Å². The minimum absolute atomic E-state index is 0.00237. The number of carbonyl (C=O) groups excluding carboxylic acids is 1. The lowest BCUT2D eigenvalue weighted by molar-refractivity contribution is 0.0945. The molecule has 0 atom stereocenters. The Morgan fingerprint density at radius 2 is 1.85 bits per heavy atom. The quantitative estimate of drug-likeness (QED) is 0.686. The molecule has 8 heteroatoms. The van der Waals surface area contributed by atoms with Crippen LogP contribution < -0.4 is 14.8 Å². The number of rotatable bonds is 7. The SMILES string of the molecule is COc1cccc(OCc2nc(C(=O)NCc3c(F)cccc3F)co2)c1. The van der Waals surface area contributed by atoms with Gasteiger partial charge >= 0.3 is 0 Å². The molecule has 0 bridgehead atoms. The van der Waals surface area contributed by atoms with E-state index in [1.165, 1.54) is 6.07 Å². The number of ether oxygens (including phenoxy) is 2. The smallest absolute Gasteiger partial charge is 0.273 e. The normalized spacial score (nSPS) is 10.5. The summed E-state index contributed by atoms with van der Waals surface area (Å²) < 4.78 is 43.0. The molecule has 0 aliphatic rings. The molecule has 0 radical (unpaired) electrons. The van der Waals surface area contributed by atoms with Crippen LogP contribution in [0, 0.1) is 11.6 Å². The molecule has 0 fully saturated rings. The largest absolute Gasteiger partial charge is 0.497 e. The van der Waals surface area contributed by atoms with Crippen LogP contribution in [0.5, 0.6) is 11.5 Å². The van der Waals surface area contributed by atoms with Crippen molar-refractivity contribution in [3.63, 3.8) is 0 Å². The van der Waals surface area contributed by atoms with Gasteiger partial charge in [0, 0.05) is 18.2 Å². The fraction of sp³-hybridized carbons (Fsp3) is 0.158. The number of methoxy groups -OCH3 is 1. The monoisotopic (exact) mass is 374 g/mol. The van der Waals surface area contributed by atoms with Crippen molar-refractivity contribution in [1.29, 1.82) is 0 Å². The molecule has 1 amide bonds. The maximum absolute atomic E-state index is 13.6. The topological polar surface area (TPSA) is 73.6 Å². The summed E-state index contributed by atoms with van der Waals surface area (Å²) in [7, 11) is 1.55. The number of carbonyl (C=O) groups is 1. The van der Waals surface area contributed by atoms with Crippen molar-refractivity contribution in [3.8, 4) is 11.5 Å². The average molecular weight is 374 g/mol. The molecule has 140 valence electrons. The molecule has 3 rings (SSSR count). The first-order valence-corrected chi connectivity index (χ1v) is 7.99. The summed E-state index contributed by atoms with van der Waals surface area (Å²) in [5.74, 6) is -0.714. The fourth-order valence-corrected chi connectivity index (χ4v) is 2.28. The molecule has 3 aromatic rings. The van der Waals surface area contributed by atoms with Crippen molar-refractivity contribution in [3.05, 3.63) is 77.5 Å². The van der Waals surface area contributed by atoms with Gasteiger partial charge in [-0.05, 0) is 24.3 Å². The molecule has 1 heterocycles. The van der Waals surface area contributed by atoms with Crippen molar-refractivity contribution in [2.75, 3.05) is 7.11 Å². The van der Waals surface area contributed by atoms with Crippen molar-refractivity contribution in [1.82, 2.24) is 10.3 Å². The van der Waals surface area contributed by atoms with Crippen LogP contribution >= 0.6 is 0 Å². The zero-order valence-electron chi connectivity index (χ0n) is 14.4. The standard InChI is InChI=1S/C19H16F2N2O4/c1-25-12-4-2-5-13(8-12)26-11-18-23-17(10-27-18)19(24)22-9-14-15(20)6-3-7-16(14)21/h2-8,10H,9,11H2,1H3,(H,22,24). The van der Waals surface area contributed by atoms with Gasteiger partial charge in [0.15, 0.2) is 12.3 Å². The molecule has 2 aromatic carbocycles. The lowest BCUT2D eigenvalue weighted by atomic mass is 10.2. The maximum Gasteiger partial charge on any atom is 0.273 e. The summed E-state index contributed by atoms with van der Waals surface area (Å²) >= 11 is 0. The number of nitrogens with zero attached hydrogens (tertiary/aromatic N) is 1. The van der Waals surface area contributed by atoms with E-state index in [2.05, 4.69) is 10.3 Å². The van der Waals surface area contributed by atoms with E-state index in [0.717, 1.165) is 18.4 Å². The van der Waals surface area contributed by atoms with Gasteiger partial charge in [0.2, 0.25) is 5.89 Å². The summed E-state index contributed by atoms with van der Waals surface area (Å²) in [6, 6.07) is 10.5. The van der Waals surface area contributed by atoms with Crippen LogP contribution in [0.1, 0.15) is 21.9 Å². The zero-order valence-corrected chi connectivity index (χ0v) is 14.4. The second-order valence-electron chi connectivity index (χ2n) is 5.48. The minimum atomic E-state index is -0.733. The molecule has 27 heavy (non-hydrogen) atoms. The minimum Gasteiger partial charge on any atom is -0.497 e. The Bertz CT molecular complexity index is 923. The molecule has 0 saturated heterocycles. The first-order valence-electron chi connectivity index (χ1n) is 7.99. The fourth-order valence-electron chi connectivity index (χ4n) is 2.28. The van der Waals surface area contributed by atoms with Crippen LogP contribution in [0.15, 0.2) is 53.1 Å². The van der Waals surface area contributed by atoms with Gasteiger partial charge in [-0.3, -0.25) is 4.79 Å². The molecule has 1 N–H and O–H groups in total. The number of oxazole rings is 1. The van der Waals surface area contributed by atoms with Gasteiger partial charge in [-0.1, -0.05) is 12.1 Å². The van der Waals surface area contributed by atoms with Crippen LogP contribution in [0.3, 0.4) is 0 Å². The number of aromatic nitrogens is 1. The van der Waals surface area contributed by atoms with Gasteiger partial charge in [0.25, 0.3) is 5.91 Å². The molecule has 0 aliphatic heterocycles. The van der Waals surface area contributed by atoms with Crippen LogP contribution in [0.2, 0.25) is 0 Å². The molecule has 0 unspecified atom stereocenters. The predicted octanol–water partition coefficient (Wildman–Crippen LogP) is 3.47. The molecular formula is C19H16F2N2O4. The lowest BCUT2D eigenvalue weighted by Gasteiger charge is -2.06. The Kier molecular flexibility index (Phi) is 5.65. The third-order valence-electron chi connectivity index (χ3n) is 3.68. The van der Waals surface area contributed by atoms with E-state index in [4.69, 9.17) is 13.9 Å². The number of amides is 1. The second-order valence-corrected chi connectivity index (χ2v) is 5.48. The van der Waals surface area contributed by atoms with Crippen LogP contribution in [-0.2, 0) is 13.2 Å². The van der Waals surface area contributed by atoms with E-state index in [1.54, 1.807) is 31.4 Å². The highest BCUT2D eigenvalue weighted by Crippen LogP contribution is 2.20. The van der Waals surface area contributed by atoms with Crippen molar-refractivity contribution in [2.45, 2.75) is 13.2 Å². The van der Waals surface area contributed by atoms with E-state index in [0.29, 0.717) is 11.5 Å². The van der Waals surface area contributed by atoms with Gasteiger partial charge in [-0.25, -0.2) is 13.8 Å². The molecule has 1 aromatic heterocycles. The Morgan fingerprint density at radius 1 is 1.15 bits per heavy atom. The third-order valence-corrected chi connectivity index (χ3v) is 3.68. The van der Waals surface area contributed by atoms with E-state index < -0.39 is 17.5 Å². The Labute approximate surface area is 153 Å². The summed E-state index contributed by atoms with van der Waals surface area (Å²) in [4.78, 5) is 16.1. The van der Waals surface area contributed by atoms with E-state index in [-0.39, 0.29) is 30.3 Å². The first-order chi connectivity index (χ1) is 13.1. The van der Waals surface area contributed by atoms with Crippen LogP contribution in [-0.4, -0.2) is 18.0 Å². The van der Waals surface area contributed by atoms with E-state index in [9.17, 15) is 13.6 Å². The Hall–Kier alpha value is -3.42. The zero-order chi connectivity index (χ0) is 19.2. The average Bonchev–Trinajstić information content (AvgIpc) is 3.15. The summed E-state index contributed by atoms with van der Waals surface area (Å²) in [6.45, 7) is -0.303. The molecule has 0 saturated carbocycles. The number of hydrogen-bond donors (Lipinski definition) is 1. The maximum atomic E-state index is 13.6. The molecule has 6 nitrogen and oxygen atoms in total. The molecule has 0 aliphatic carbocycles. The summed E-state index contributed by atoms with van der Waals surface area (Å²) in [6.07, 6.45) is 1.15. The number of halogens is 2. The summed E-state index contributed by atoms with van der Waals surface area (Å²) in [5, 5.41) is 2.40. The van der Waals surface area contributed by atoms with Crippen molar-refractivity contribution in [2.24, 2.45) is 0 Å². The van der Waals surface area contributed by atoms with Crippen LogP contribution in [0.4, 0.5) is 8.78 Å². The Morgan fingerprint density at radius 3 is 2.59 bits per heavy atom. The van der Waals surface area contributed by atoms with E-state index in [1.807, 2.05) is 0 Å².